The van der Waals surface area contributed by atoms with E-state index in [1.807, 2.05) is 24.6 Å². The van der Waals surface area contributed by atoms with E-state index in [1.54, 1.807) is 0 Å². The first-order valence-electron chi connectivity index (χ1n) is 6.20. The summed E-state index contributed by atoms with van der Waals surface area (Å²) >= 11 is 0. The van der Waals surface area contributed by atoms with Crippen LogP contribution in [0.5, 0.6) is 0 Å². The number of piperidine rings is 1. The normalized spacial score (nSPS) is 19.4. The van der Waals surface area contributed by atoms with Gasteiger partial charge in [0.1, 0.15) is 11.8 Å². The van der Waals surface area contributed by atoms with Crippen LogP contribution in [0.2, 0.25) is 0 Å². The van der Waals surface area contributed by atoms with Crippen molar-refractivity contribution in [2.75, 3.05) is 6.54 Å². The van der Waals surface area contributed by atoms with Crippen molar-refractivity contribution in [2.24, 2.45) is 7.05 Å². The van der Waals surface area contributed by atoms with Gasteiger partial charge in [0.15, 0.2) is 0 Å². The first kappa shape index (κ1) is 12.7. The standard InChI is InChI=1S/C13H18N4O/c1-9-10(6-11(7-14)17(9)2)8-16-12-4-3-5-15-13(12)18/h6,12,16H,3-5,8H2,1-2H3,(H,15,18). The molecule has 5 heteroatoms. The summed E-state index contributed by atoms with van der Waals surface area (Å²) in [5.74, 6) is 0.0790. The lowest BCUT2D eigenvalue weighted by atomic mass is 10.1. The van der Waals surface area contributed by atoms with E-state index < -0.39 is 0 Å². The Balaban J connectivity index is 2.02. The number of nitrogens with one attached hydrogen (secondary N) is 2. The molecule has 1 saturated heterocycles. The summed E-state index contributed by atoms with van der Waals surface area (Å²) in [5.41, 5.74) is 2.79. The molecule has 5 nitrogen and oxygen atoms in total. The van der Waals surface area contributed by atoms with E-state index in [2.05, 4.69) is 16.7 Å². The number of amides is 1. The fourth-order valence-corrected chi connectivity index (χ4v) is 2.25. The largest absolute Gasteiger partial charge is 0.355 e. The van der Waals surface area contributed by atoms with E-state index in [9.17, 15) is 4.79 Å². The molecule has 2 rings (SSSR count). The Morgan fingerprint density at radius 2 is 2.44 bits per heavy atom. The number of carbonyl (C=O) groups excluding carboxylic acids is 1. The minimum Gasteiger partial charge on any atom is -0.355 e. The highest BCUT2D eigenvalue weighted by Crippen LogP contribution is 2.14. The molecule has 1 unspecified atom stereocenters. The second kappa shape index (κ2) is 5.23. The monoisotopic (exact) mass is 246 g/mol. The summed E-state index contributed by atoms with van der Waals surface area (Å²) in [4.78, 5) is 11.6. The van der Waals surface area contributed by atoms with Crippen LogP contribution in [0.3, 0.4) is 0 Å². The highest BCUT2D eigenvalue weighted by Gasteiger charge is 2.21. The molecule has 96 valence electrons. The molecule has 1 aromatic heterocycles. The van der Waals surface area contributed by atoms with Gasteiger partial charge in [0.25, 0.3) is 0 Å². The molecule has 1 aromatic rings. The predicted molar refractivity (Wildman–Crippen MR) is 67.7 cm³/mol. The highest BCUT2D eigenvalue weighted by molar-refractivity contribution is 5.82. The number of carbonyl (C=O) groups is 1. The number of rotatable bonds is 3. The van der Waals surface area contributed by atoms with Crippen molar-refractivity contribution in [3.8, 4) is 6.07 Å². The summed E-state index contributed by atoms with van der Waals surface area (Å²) in [5, 5.41) is 15.1. The van der Waals surface area contributed by atoms with Gasteiger partial charge in [-0.2, -0.15) is 5.26 Å². The lowest BCUT2D eigenvalue weighted by Crippen LogP contribution is -2.47. The first-order chi connectivity index (χ1) is 8.63. The average molecular weight is 246 g/mol. The molecule has 1 amide bonds. The Morgan fingerprint density at radius 3 is 3.06 bits per heavy atom. The molecule has 2 N–H and O–H groups in total. The van der Waals surface area contributed by atoms with Gasteiger partial charge in [-0.15, -0.1) is 0 Å². The zero-order valence-electron chi connectivity index (χ0n) is 10.8. The molecule has 1 aliphatic heterocycles. The smallest absolute Gasteiger partial charge is 0.237 e. The lowest BCUT2D eigenvalue weighted by molar-refractivity contribution is -0.124. The van der Waals surface area contributed by atoms with E-state index in [0.717, 1.165) is 30.6 Å². The van der Waals surface area contributed by atoms with Crippen molar-refractivity contribution < 1.29 is 4.79 Å². The van der Waals surface area contributed by atoms with E-state index >= 15 is 0 Å². The molecule has 0 saturated carbocycles. The van der Waals surface area contributed by atoms with Gasteiger partial charge < -0.3 is 15.2 Å². The van der Waals surface area contributed by atoms with Crippen LogP contribution in [-0.4, -0.2) is 23.1 Å². The molecule has 0 bridgehead atoms. The third-order valence-corrected chi connectivity index (χ3v) is 3.58. The first-order valence-corrected chi connectivity index (χ1v) is 6.20. The van der Waals surface area contributed by atoms with Crippen LogP contribution in [0.4, 0.5) is 0 Å². The van der Waals surface area contributed by atoms with Gasteiger partial charge in [-0.05, 0) is 31.4 Å². The van der Waals surface area contributed by atoms with E-state index in [0.29, 0.717) is 12.2 Å². The molecule has 1 aliphatic rings. The SMILES string of the molecule is Cc1c(CNC2CCCNC2=O)cc(C#N)n1C. The van der Waals surface area contributed by atoms with E-state index in [-0.39, 0.29) is 11.9 Å². The van der Waals surface area contributed by atoms with Crippen LogP contribution >= 0.6 is 0 Å². The number of aromatic nitrogens is 1. The van der Waals surface area contributed by atoms with Crippen molar-refractivity contribution in [2.45, 2.75) is 32.4 Å². The van der Waals surface area contributed by atoms with Crippen LogP contribution in [-0.2, 0) is 18.4 Å². The molecule has 0 spiro atoms. The highest BCUT2D eigenvalue weighted by atomic mass is 16.2. The lowest BCUT2D eigenvalue weighted by Gasteiger charge is -2.22. The zero-order chi connectivity index (χ0) is 13.1. The quantitative estimate of drug-likeness (QED) is 0.819. The maximum absolute atomic E-state index is 11.6. The average Bonchev–Trinajstić information content (AvgIpc) is 2.65. The van der Waals surface area contributed by atoms with Crippen LogP contribution in [0.25, 0.3) is 0 Å². The van der Waals surface area contributed by atoms with Gasteiger partial charge in [-0.3, -0.25) is 4.79 Å². The van der Waals surface area contributed by atoms with Crippen molar-refractivity contribution in [3.05, 3.63) is 23.0 Å². The van der Waals surface area contributed by atoms with Gasteiger partial charge in [0.2, 0.25) is 5.91 Å². The number of nitrogens with zero attached hydrogens (tertiary/aromatic N) is 2. The molecule has 2 heterocycles. The number of hydrogen-bond donors (Lipinski definition) is 2. The summed E-state index contributed by atoms with van der Waals surface area (Å²) < 4.78 is 1.87. The fourth-order valence-electron chi connectivity index (χ4n) is 2.25. The summed E-state index contributed by atoms with van der Waals surface area (Å²) in [6.45, 7) is 3.39. The Bertz CT molecular complexity index is 498. The summed E-state index contributed by atoms with van der Waals surface area (Å²) in [6, 6.07) is 3.93. The molecule has 1 fully saturated rings. The van der Waals surface area contributed by atoms with Gasteiger partial charge >= 0.3 is 0 Å². The predicted octanol–water partition coefficient (Wildman–Crippen LogP) is 0.573. The molecule has 0 radical (unpaired) electrons. The fraction of sp³-hybridized carbons (Fsp3) is 0.538. The van der Waals surface area contributed by atoms with Crippen molar-refractivity contribution in [1.82, 2.24) is 15.2 Å². The summed E-state index contributed by atoms with van der Waals surface area (Å²) in [6.07, 6.45) is 1.89. The third-order valence-electron chi connectivity index (χ3n) is 3.58. The molecular weight excluding hydrogens is 228 g/mol. The molecule has 1 atom stereocenters. The van der Waals surface area contributed by atoms with E-state index in [4.69, 9.17) is 5.26 Å². The Morgan fingerprint density at radius 1 is 1.67 bits per heavy atom. The maximum Gasteiger partial charge on any atom is 0.237 e. The van der Waals surface area contributed by atoms with Gasteiger partial charge in [-0.25, -0.2) is 0 Å². The van der Waals surface area contributed by atoms with Gasteiger partial charge in [-0.1, -0.05) is 0 Å². The Labute approximate surface area is 107 Å². The molecular formula is C13H18N4O. The second-order valence-electron chi connectivity index (χ2n) is 4.68. The van der Waals surface area contributed by atoms with Gasteiger partial charge in [0.05, 0.1) is 6.04 Å². The van der Waals surface area contributed by atoms with Crippen molar-refractivity contribution >= 4 is 5.91 Å². The number of hydrogen-bond acceptors (Lipinski definition) is 3. The minimum atomic E-state index is -0.108. The van der Waals surface area contributed by atoms with Crippen LogP contribution in [0.1, 0.15) is 29.8 Å². The summed E-state index contributed by atoms with van der Waals surface area (Å²) in [7, 11) is 1.88. The van der Waals surface area contributed by atoms with E-state index in [1.165, 1.54) is 0 Å². The molecule has 18 heavy (non-hydrogen) atoms. The maximum atomic E-state index is 11.6. The Hall–Kier alpha value is -1.80. The third kappa shape index (κ3) is 2.39. The Kier molecular flexibility index (Phi) is 3.68. The minimum absolute atomic E-state index is 0.0790. The van der Waals surface area contributed by atoms with Crippen molar-refractivity contribution in [3.63, 3.8) is 0 Å². The molecule has 0 aromatic carbocycles. The van der Waals surface area contributed by atoms with Crippen LogP contribution < -0.4 is 10.6 Å². The molecule has 0 aliphatic carbocycles. The number of nitriles is 1. The van der Waals surface area contributed by atoms with Crippen LogP contribution in [0.15, 0.2) is 6.07 Å². The topological polar surface area (TPSA) is 69.8 Å². The van der Waals surface area contributed by atoms with Gasteiger partial charge in [0, 0.05) is 25.8 Å². The van der Waals surface area contributed by atoms with Crippen LogP contribution in [0, 0.1) is 18.3 Å². The second-order valence-corrected chi connectivity index (χ2v) is 4.68. The zero-order valence-corrected chi connectivity index (χ0v) is 10.8. The van der Waals surface area contributed by atoms with Crippen molar-refractivity contribution in [1.29, 1.82) is 5.26 Å².